The van der Waals surface area contributed by atoms with Crippen LogP contribution >= 0.6 is 0 Å². The summed E-state index contributed by atoms with van der Waals surface area (Å²) in [6.45, 7) is 0.00924. The Morgan fingerprint density at radius 3 is 2.84 bits per heavy atom. The molecule has 0 aliphatic carbocycles. The second-order valence-electron chi connectivity index (χ2n) is 4.16. The summed E-state index contributed by atoms with van der Waals surface area (Å²) in [6.07, 6.45) is 3.09. The Morgan fingerprint density at radius 1 is 1.26 bits per heavy atom. The molecule has 0 aliphatic rings. The summed E-state index contributed by atoms with van der Waals surface area (Å²) in [5.41, 5.74) is 12.6. The van der Waals surface area contributed by atoms with Crippen LogP contribution in [0.3, 0.4) is 0 Å². The molecule has 0 amide bonds. The van der Waals surface area contributed by atoms with E-state index in [0.29, 0.717) is 11.2 Å². The Kier molecular flexibility index (Phi) is 2.45. The normalized spacial score (nSPS) is 10.9. The molecule has 2 aromatic heterocycles. The number of nitrogen functional groups attached to an aromatic ring is 2. The molecule has 0 unspecified atom stereocenters. The average Bonchev–Trinajstić information content (AvgIpc) is 2.96. The van der Waals surface area contributed by atoms with Crippen LogP contribution in [0.4, 0.5) is 11.5 Å². The highest BCUT2D eigenvalue weighted by molar-refractivity contribution is 5.98. The lowest BCUT2D eigenvalue weighted by molar-refractivity contribution is 0.0886. The van der Waals surface area contributed by atoms with Gasteiger partial charge >= 0.3 is 0 Å². The number of carbonyl (C=O) groups is 1. The topological polar surface area (TPSA) is 105 Å². The van der Waals surface area contributed by atoms with E-state index in [-0.39, 0.29) is 18.3 Å². The SMILES string of the molecule is Nc1cnn(CC(=O)n2ccc3cccc(N)c32)n1. The van der Waals surface area contributed by atoms with Gasteiger partial charge in [-0.1, -0.05) is 12.1 Å². The van der Waals surface area contributed by atoms with E-state index in [1.807, 2.05) is 18.2 Å². The van der Waals surface area contributed by atoms with Crippen LogP contribution in [0.2, 0.25) is 0 Å². The predicted octanol–water partition coefficient (Wildman–Crippen LogP) is 0.738. The minimum atomic E-state index is -0.177. The predicted molar refractivity (Wildman–Crippen MR) is 71.4 cm³/mol. The van der Waals surface area contributed by atoms with Crippen molar-refractivity contribution in [2.24, 2.45) is 0 Å². The molecule has 19 heavy (non-hydrogen) atoms. The van der Waals surface area contributed by atoms with Gasteiger partial charge in [0.2, 0.25) is 0 Å². The van der Waals surface area contributed by atoms with Crippen LogP contribution in [0.1, 0.15) is 4.79 Å². The summed E-state index contributed by atoms with van der Waals surface area (Å²) in [4.78, 5) is 13.5. The zero-order valence-corrected chi connectivity index (χ0v) is 10.0. The number of hydrogen-bond donors (Lipinski definition) is 2. The highest BCUT2D eigenvalue weighted by atomic mass is 16.2. The molecule has 0 atom stereocenters. The van der Waals surface area contributed by atoms with Crippen LogP contribution in [0, 0.1) is 0 Å². The monoisotopic (exact) mass is 256 g/mol. The van der Waals surface area contributed by atoms with Crippen LogP contribution < -0.4 is 11.5 Å². The minimum absolute atomic E-state index is 0.00924. The molecule has 0 saturated heterocycles. The van der Waals surface area contributed by atoms with Gasteiger partial charge in [0.1, 0.15) is 6.54 Å². The van der Waals surface area contributed by atoms with E-state index < -0.39 is 0 Å². The van der Waals surface area contributed by atoms with E-state index in [9.17, 15) is 4.79 Å². The van der Waals surface area contributed by atoms with E-state index >= 15 is 0 Å². The Balaban J connectivity index is 1.98. The fourth-order valence-corrected chi connectivity index (χ4v) is 2.01. The molecular weight excluding hydrogens is 244 g/mol. The molecule has 1 aromatic carbocycles. The maximum Gasteiger partial charge on any atom is 0.254 e. The summed E-state index contributed by atoms with van der Waals surface area (Å²) in [5, 5.41) is 8.68. The summed E-state index contributed by atoms with van der Waals surface area (Å²) >= 11 is 0. The van der Waals surface area contributed by atoms with Gasteiger partial charge < -0.3 is 11.5 Å². The molecular formula is C12H12N6O. The first-order valence-electron chi connectivity index (χ1n) is 5.69. The number of anilines is 2. The van der Waals surface area contributed by atoms with E-state index in [1.54, 1.807) is 12.3 Å². The maximum absolute atomic E-state index is 12.2. The van der Waals surface area contributed by atoms with Crippen molar-refractivity contribution in [3.05, 3.63) is 36.7 Å². The van der Waals surface area contributed by atoms with Crippen molar-refractivity contribution in [2.75, 3.05) is 11.5 Å². The zero-order valence-electron chi connectivity index (χ0n) is 10.0. The molecule has 3 rings (SSSR count). The molecule has 4 N–H and O–H groups in total. The van der Waals surface area contributed by atoms with E-state index in [4.69, 9.17) is 11.5 Å². The second kappa shape index (κ2) is 4.13. The first-order chi connectivity index (χ1) is 9.15. The molecule has 7 heteroatoms. The van der Waals surface area contributed by atoms with Crippen LogP contribution in [0.15, 0.2) is 36.7 Å². The number of hydrogen-bond acceptors (Lipinski definition) is 5. The number of para-hydroxylation sites is 1. The summed E-state index contributed by atoms with van der Waals surface area (Å²) < 4.78 is 1.50. The van der Waals surface area contributed by atoms with Gasteiger partial charge in [0, 0.05) is 11.6 Å². The molecule has 0 spiro atoms. The minimum Gasteiger partial charge on any atom is -0.397 e. The van der Waals surface area contributed by atoms with Crippen molar-refractivity contribution >= 4 is 28.3 Å². The lowest BCUT2D eigenvalue weighted by Gasteiger charge is -2.05. The van der Waals surface area contributed by atoms with Gasteiger partial charge in [-0.3, -0.25) is 9.36 Å². The van der Waals surface area contributed by atoms with Gasteiger partial charge in [-0.05, 0) is 12.1 Å². The summed E-state index contributed by atoms with van der Waals surface area (Å²) in [6, 6.07) is 7.35. The molecule has 0 fully saturated rings. The first-order valence-corrected chi connectivity index (χ1v) is 5.69. The van der Waals surface area contributed by atoms with Crippen molar-refractivity contribution in [3.8, 4) is 0 Å². The Bertz CT molecular complexity index is 757. The Labute approximate surface area is 108 Å². The number of nitrogens with two attached hydrogens (primary N) is 2. The highest BCUT2D eigenvalue weighted by Gasteiger charge is 2.12. The van der Waals surface area contributed by atoms with Gasteiger partial charge in [0.15, 0.2) is 5.82 Å². The second-order valence-corrected chi connectivity index (χ2v) is 4.16. The van der Waals surface area contributed by atoms with Crippen LogP contribution in [0.25, 0.3) is 10.9 Å². The molecule has 96 valence electrons. The lowest BCUT2D eigenvalue weighted by atomic mass is 10.2. The highest BCUT2D eigenvalue weighted by Crippen LogP contribution is 2.21. The third kappa shape index (κ3) is 1.90. The van der Waals surface area contributed by atoms with Gasteiger partial charge in [-0.2, -0.15) is 9.90 Å². The molecule has 0 bridgehead atoms. The summed E-state index contributed by atoms with van der Waals surface area (Å²) in [5.74, 6) is 0.105. The third-order valence-corrected chi connectivity index (χ3v) is 2.84. The third-order valence-electron chi connectivity index (χ3n) is 2.84. The smallest absolute Gasteiger partial charge is 0.254 e. The Morgan fingerprint density at radius 2 is 2.11 bits per heavy atom. The molecule has 0 radical (unpaired) electrons. The van der Waals surface area contributed by atoms with Crippen LogP contribution in [-0.2, 0) is 6.54 Å². The lowest BCUT2D eigenvalue weighted by Crippen LogP contribution is -2.19. The van der Waals surface area contributed by atoms with Crippen molar-refractivity contribution in [1.82, 2.24) is 19.6 Å². The van der Waals surface area contributed by atoms with Gasteiger partial charge in [-0.25, -0.2) is 0 Å². The van der Waals surface area contributed by atoms with E-state index in [1.165, 1.54) is 15.6 Å². The average molecular weight is 256 g/mol. The number of aromatic nitrogens is 4. The molecule has 2 heterocycles. The number of benzene rings is 1. The van der Waals surface area contributed by atoms with Gasteiger partial charge in [-0.15, -0.1) is 5.10 Å². The van der Waals surface area contributed by atoms with Crippen molar-refractivity contribution in [3.63, 3.8) is 0 Å². The van der Waals surface area contributed by atoms with Gasteiger partial charge in [0.25, 0.3) is 5.91 Å². The standard InChI is InChI=1S/C12H12N6O/c13-9-3-1-2-8-4-5-17(12(8)9)11(19)7-18-15-6-10(14)16-18/h1-6H,7,13H2,(H2,14,16). The first kappa shape index (κ1) is 11.3. The van der Waals surface area contributed by atoms with Crippen molar-refractivity contribution < 1.29 is 4.79 Å². The molecule has 0 saturated carbocycles. The zero-order chi connectivity index (χ0) is 13.4. The molecule has 0 aliphatic heterocycles. The van der Waals surface area contributed by atoms with Crippen LogP contribution in [-0.4, -0.2) is 25.5 Å². The number of rotatable bonds is 2. The number of fused-ring (bicyclic) bond motifs is 1. The van der Waals surface area contributed by atoms with Gasteiger partial charge in [0.05, 0.1) is 17.4 Å². The summed E-state index contributed by atoms with van der Waals surface area (Å²) in [7, 11) is 0. The van der Waals surface area contributed by atoms with Crippen LogP contribution in [0.5, 0.6) is 0 Å². The van der Waals surface area contributed by atoms with E-state index in [0.717, 1.165) is 5.39 Å². The quantitative estimate of drug-likeness (QED) is 0.658. The van der Waals surface area contributed by atoms with Crippen molar-refractivity contribution in [2.45, 2.75) is 6.54 Å². The Hall–Kier alpha value is -2.83. The fraction of sp³-hybridized carbons (Fsp3) is 0.0833. The van der Waals surface area contributed by atoms with Crippen molar-refractivity contribution in [1.29, 1.82) is 0 Å². The largest absolute Gasteiger partial charge is 0.397 e. The number of nitrogens with zero attached hydrogens (tertiary/aromatic N) is 4. The molecule has 7 nitrogen and oxygen atoms in total. The van der Waals surface area contributed by atoms with E-state index in [2.05, 4.69) is 10.2 Å². The fourth-order valence-electron chi connectivity index (χ4n) is 2.01. The maximum atomic E-state index is 12.2. The molecule has 3 aromatic rings. The number of carbonyl (C=O) groups excluding carboxylic acids is 1.